The third-order valence-corrected chi connectivity index (χ3v) is 8.44. The Kier molecular flexibility index (Phi) is 5.99. The normalized spacial score (nSPS) is 27.5. The summed E-state index contributed by atoms with van der Waals surface area (Å²) in [5.41, 5.74) is 0.715. The van der Waals surface area contributed by atoms with E-state index in [1.54, 1.807) is 12.1 Å². The summed E-state index contributed by atoms with van der Waals surface area (Å²) in [6.07, 6.45) is 11.0. The second kappa shape index (κ2) is 8.93. The highest BCUT2D eigenvalue weighted by atomic mass is 32.2. The first kappa shape index (κ1) is 22.1. The van der Waals surface area contributed by atoms with E-state index in [-0.39, 0.29) is 17.3 Å². The van der Waals surface area contributed by atoms with Gasteiger partial charge in [0.05, 0.1) is 10.7 Å². The third-order valence-electron chi connectivity index (χ3n) is 7.48. The van der Waals surface area contributed by atoms with Gasteiger partial charge in [0.2, 0.25) is 5.91 Å². The molecule has 0 aliphatic heterocycles. The van der Waals surface area contributed by atoms with Crippen LogP contribution in [0.2, 0.25) is 0 Å². The van der Waals surface area contributed by atoms with E-state index < -0.39 is 4.92 Å². The van der Waals surface area contributed by atoms with Crippen LogP contribution in [-0.4, -0.2) is 31.3 Å². The lowest BCUT2D eigenvalue weighted by atomic mass is 9.49. The summed E-state index contributed by atoms with van der Waals surface area (Å²) in [6.45, 7) is 4.51. The van der Waals surface area contributed by atoms with Gasteiger partial charge in [0.25, 0.3) is 5.69 Å². The van der Waals surface area contributed by atoms with Crippen LogP contribution in [0.4, 0.5) is 11.4 Å². The van der Waals surface area contributed by atoms with E-state index in [2.05, 4.69) is 26.7 Å². The Hall–Kier alpha value is -2.68. The Labute approximate surface area is 197 Å². The first-order valence-electron chi connectivity index (χ1n) is 11.6. The predicted octanol–water partition coefficient (Wildman–Crippen LogP) is 4.86. The van der Waals surface area contributed by atoms with E-state index >= 15 is 0 Å². The summed E-state index contributed by atoms with van der Waals surface area (Å²) in [7, 11) is 0. The number of carbonyl (C=O) groups is 1. The van der Waals surface area contributed by atoms with Gasteiger partial charge in [0, 0.05) is 30.8 Å². The fourth-order valence-electron chi connectivity index (χ4n) is 6.74. The summed E-state index contributed by atoms with van der Waals surface area (Å²) in [6, 6.07) is 5.94. The molecule has 4 fully saturated rings. The van der Waals surface area contributed by atoms with Crippen LogP contribution in [0.1, 0.15) is 44.3 Å². The zero-order valence-corrected chi connectivity index (χ0v) is 19.4. The van der Waals surface area contributed by atoms with Crippen molar-refractivity contribution in [2.75, 3.05) is 11.1 Å². The molecule has 9 heteroatoms. The van der Waals surface area contributed by atoms with Crippen LogP contribution >= 0.6 is 11.8 Å². The van der Waals surface area contributed by atoms with E-state index in [4.69, 9.17) is 0 Å². The molecular formula is C24H29N5O3S. The summed E-state index contributed by atoms with van der Waals surface area (Å²) in [4.78, 5) is 22.9. The minimum atomic E-state index is -0.479. The molecule has 0 saturated heterocycles. The van der Waals surface area contributed by atoms with Crippen LogP contribution in [0.5, 0.6) is 0 Å². The van der Waals surface area contributed by atoms with Crippen molar-refractivity contribution < 1.29 is 9.72 Å². The van der Waals surface area contributed by atoms with E-state index in [9.17, 15) is 14.9 Å². The Morgan fingerprint density at radius 2 is 1.94 bits per heavy atom. The molecule has 0 unspecified atom stereocenters. The van der Waals surface area contributed by atoms with Crippen LogP contribution in [-0.2, 0) is 17.8 Å². The molecule has 174 valence electrons. The first-order chi connectivity index (χ1) is 15.9. The van der Waals surface area contributed by atoms with Crippen molar-refractivity contribution in [1.29, 1.82) is 0 Å². The molecule has 0 atom stereocenters. The van der Waals surface area contributed by atoms with E-state index in [1.807, 2.05) is 6.08 Å². The molecule has 4 bridgehead atoms. The average Bonchev–Trinajstić information content (AvgIpc) is 3.12. The van der Waals surface area contributed by atoms with Crippen molar-refractivity contribution in [3.05, 3.63) is 52.9 Å². The molecule has 4 aliphatic carbocycles. The van der Waals surface area contributed by atoms with Gasteiger partial charge in [0.1, 0.15) is 5.82 Å². The van der Waals surface area contributed by atoms with Gasteiger partial charge in [-0.2, -0.15) is 0 Å². The highest BCUT2D eigenvalue weighted by Crippen LogP contribution is 2.61. The van der Waals surface area contributed by atoms with Crippen molar-refractivity contribution in [2.45, 2.75) is 56.6 Å². The second-order valence-corrected chi connectivity index (χ2v) is 11.0. The molecule has 6 rings (SSSR count). The number of hydrogen-bond donors (Lipinski definition) is 1. The summed E-state index contributed by atoms with van der Waals surface area (Å²) in [5.74, 6) is 3.57. The fraction of sp³-hybridized carbons (Fsp3) is 0.542. The zero-order valence-electron chi connectivity index (χ0n) is 18.6. The molecule has 0 radical (unpaired) electrons. The van der Waals surface area contributed by atoms with Gasteiger partial charge in [-0.1, -0.05) is 23.9 Å². The molecule has 8 nitrogen and oxygen atoms in total. The number of thioether (sulfide) groups is 1. The SMILES string of the molecule is C=CCn1c(CC23CC4CC(CC(C4)C2)C3)nnc1SCC(=O)Nc1cccc([N+](=O)[O-])c1. The average molecular weight is 468 g/mol. The van der Waals surface area contributed by atoms with Gasteiger partial charge < -0.3 is 9.88 Å². The van der Waals surface area contributed by atoms with Crippen LogP contribution in [0.15, 0.2) is 42.1 Å². The van der Waals surface area contributed by atoms with Gasteiger partial charge in [-0.15, -0.1) is 16.8 Å². The lowest BCUT2D eigenvalue weighted by Gasteiger charge is -2.56. The van der Waals surface area contributed by atoms with Crippen molar-refractivity contribution in [1.82, 2.24) is 14.8 Å². The molecule has 1 aromatic carbocycles. The highest BCUT2D eigenvalue weighted by molar-refractivity contribution is 7.99. The maximum absolute atomic E-state index is 12.5. The molecule has 1 aromatic heterocycles. The molecule has 1 amide bonds. The highest BCUT2D eigenvalue weighted by Gasteiger charge is 2.51. The van der Waals surface area contributed by atoms with Gasteiger partial charge in [-0.3, -0.25) is 14.9 Å². The van der Waals surface area contributed by atoms with Gasteiger partial charge in [-0.25, -0.2) is 0 Å². The number of carbonyl (C=O) groups excluding carboxylic acids is 1. The van der Waals surface area contributed by atoms with E-state index in [1.165, 1.54) is 62.4 Å². The number of rotatable bonds is 9. The molecule has 0 spiro atoms. The molecule has 4 aliphatic rings. The minimum absolute atomic E-state index is 0.0551. The maximum Gasteiger partial charge on any atom is 0.271 e. The van der Waals surface area contributed by atoms with Gasteiger partial charge >= 0.3 is 0 Å². The van der Waals surface area contributed by atoms with Crippen LogP contribution in [0.3, 0.4) is 0 Å². The number of non-ortho nitro benzene ring substituents is 1. The first-order valence-corrected chi connectivity index (χ1v) is 12.6. The van der Waals surface area contributed by atoms with Crippen LogP contribution in [0, 0.1) is 33.3 Å². The lowest BCUT2D eigenvalue weighted by Crippen LogP contribution is -2.47. The number of benzene rings is 1. The summed E-state index contributed by atoms with van der Waals surface area (Å²) < 4.78 is 2.09. The van der Waals surface area contributed by atoms with Crippen molar-refractivity contribution >= 4 is 29.0 Å². The van der Waals surface area contributed by atoms with Gasteiger partial charge in [-0.05, 0) is 67.8 Å². The van der Waals surface area contributed by atoms with Gasteiger partial charge in [0.15, 0.2) is 5.16 Å². The third kappa shape index (κ3) is 4.69. The number of nitro groups is 1. The number of nitrogens with zero attached hydrogens (tertiary/aromatic N) is 4. The van der Waals surface area contributed by atoms with Crippen LogP contribution < -0.4 is 5.32 Å². The van der Waals surface area contributed by atoms with E-state index in [0.29, 0.717) is 22.8 Å². The fourth-order valence-corrected chi connectivity index (χ4v) is 7.50. The number of allylic oxidation sites excluding steroid dienone is 1. The molecule has 1 heterocycles. The largest absolute Gasteiger partial charge is 0.325 e. The monoisotopic (exact) mass is 467 g/mol. The van der Waals surface area contributed by atoms with Crippen molar-refractivity contribution in [3.8, 4) is 0 Å². The molecule has 4 saturated carbocycles. The Bertz CT molecular complexity index is 1050. The molecular weight excluding hydrogens is 438 g/mol. The summed E-state index contributed by atoms with van der Waals surface area (Å²) >= 11 is 1.33. The van der Waals surface area contributed by atoms with Crippen molar-refractivity contribution in [3.63, 3.8) is 0 Å². The zero-order chi connectivity index (χ0) is 23.0. The minimum Gasteiger partial charge on any atom is -0.325 e. The number of aromatic nitrogens is 3. The Balaban J connectivity index is 1.25. The van der Waals surface area contributed by atoms with E-state index in [0.717, 1.165) is 30.0 Å². The maximum atomic E-state index is 12.5. The number of hydrogen-bond acceptors (Lipinski definition) is 6. The Morgan fingerprint density at radius 3 is 2.58 bits per heavy atom. The standard InChI is InChI=1S/C24H29N5O3S/c1-2-6-28-21(14-24-11-16-7-17(12-24)9-18(8-16)13-24)26-27-23(28)33-15-22(30)25-19-4-3-5-20(10-19)29(31)32/h2-5,10,16-18H,1,6-9,11-15H2,(H,25,30). The van der Waals surface area contributed by atoms with Crippen molar-refractivity contribution in [2.24, 2.45) is 23.2 Å². The topological polar surface area (TPSA) is 103 Å². The number of amides is 1. The quantitative estimate of drug-likeness (QED) is 0.244. The predicted molar refractivity (Wildman–Crippen MR) is 127 cm³/mol. The van der Waals surface area contributed by atoms with Crippen LogP contribution in [0.25, 0.3) is 0 Å². The molecule has 33 heavy (non-hydrogen) atoms. The molecule has 1 N–H and O–H groups in total. The Morgan fingerprint density at radius 1 is 1.24 bits per heavy atom. The number of anilines is 1. The number of nitro benzene ring substituents is 1. The second-order valence-electron chi connectivity index (χ2n) is 10.0. The lowest BCUT2D eigenvalue weighted by molar-refractivity contribution is -0.384. The summed E-state index contributed by atoms with van der Waals surface area (Å²) in [5, 5.41) is 23.3. The molecule has 2 aromatic rings. The smallest absolute Gasteiger partial charge is 0.271 e. The number of nitrogens with one attached hydrogen (secondary N) is 1.